The fourth-order valence-electron chi connectivity index (χ4n) is 2.83. The molecule has 0 unspecified atom stereocenters. The molecule has 0 aliphatic rings. The number of nitriles is 1. The number of ether oxygens (including phenoxy) is 1. The predicted octanol–water partition coefficient (Wildman–Crippen LogP) is 3.53. The van der Waals surface area contributed by atoms with E-state index in [2.05, 4.69) is 4.98 Å². The first-order chi connectivity index (χ1) is 12.7. The number of nitrogens with zero attached hydrogens (tertiary/aromatic N) is 1. The van der Waals surface area contributed by atoms with Gasteiger partial charge < -0.3 is 9.72 Å². The lowest BCUT2D eigenvalue weighted by Crippen LogP contribution is -2.24. The van der Waals surface area contributed by atoms with E-state index in [0.717, 1.165) is 5.56 Å². The number of carbonyl (C=O) groups excluding carboxylic acids is 3. The van der Waals surface area contributed by atoms with Crippen LogP contribution in [0.15, 0.2) is 30.3 Å². The maximum atomic E-state index is 12.6. The maximum Gasteiger partial charge on any atom is 0.331 e. The van der Waals surface area contributed by atoms with Crippen LogP contribution in [0.3, 0.4) is 0 Å². The number of Topliss-reactive ketones (excluding diaryl/α,β-unsaturated/α-hetero) is 2. The molecule has 2 aromatic rings. The number of hydrogen-bond donors (Lipinski definition) is 1. The number of benzene rings is 1. The van der Waals surface area contributed by atoms with Gasteiger partial charge in [0.1, 0.15) is 0 Å². The molecule has 0 aliphatic heterocycles. The third-order valence-electron chi connectivity index (χ3n) is 4.15. The van der Waals surface area contributed by atoms with Crippen molar-refractivity contribution >= 4 is 23.6 Å². The van der Waals surface area contributed by atoms with E-state index in [1.807, 2.05) is 6.07 Å². The van der Waals surface area contributed by atoms with E-state index in [-0.39, 0.29) is 11.5 Å². The molecule has 6 heteroatoms. The zero-order chi connectivity index (χ0) is 20.1. The first kappa shape index (κ1) is 19.9. The highest BCUT2D eigenvalue weighted by atomic mass is 16.5. The number of hydrogen-bond acceptors (Lipinski definition) is 5. The number of ketones is 2. The van der Waals surface area contributed by atoms with Crippen molar-refractivity contribution in [3.8, 4) is 6.07 Å². The molecule has 27 heavy (non-hydrogen) atoms. The van der Waals surface area contributed by atoms with E-state index in [0.29, 0.717) is 22.4 Å². The van der Waals surface area contributed by atoms with Crippen molar-refractivity contribution in [2.24, 2.45) is 0 Å². The van der Waals surface area contributed by atoms with Gasteiger partial charge in [-0.15, -0.1) is 0 Å². The SMILES string of the molecule is CC(=O)c1c(C)[nH]c(C(=O)[C@H](C)OC(=O)/C=C/c2ccc(C#N)cc2)c1C. The van der Waals surface area contributed by atoms with Crippen LogP contribution in [-0.2, 0) is 9.53 Å². The number of aromatic nitrogens is 1. The average Bonchev–Trinajstić information content (AvgIpc) is 2.94. The van der Waals surface area contributed by atoms with Crippen LogP contribution < -0.4 is 0 Å². The van der Waals surface area contributed by atoms with Crippen LogP contribution in [0.2, 0.25) is 0 Å². The van der Waals surface area contributed by atoms with E-state index in [9.17, 15) is 14.4 Å². The predicted molar refractivity (Wildman–Crippen MR) is 100 cm³/mol. The molecule has 0 saturated carbocycles. The smallest absolute Gasteiger partial charge is 0.331 e. The Labute approximate surface area is 157 Å². The summed E-state index contributed by atoms with van der Waals surface area (Å²) in [6.45, 7) is 6.33. The highest BCUT2D eigenvalue weighted by Gasteiger charge is 2.25. The third kappa shape index (κ3) is 4.59. The summed E-state index contributed by atoms with van der Waals surface area (Å²) in [7, 11) is 0. The Morgan fingerprint density at radius 3 is 2.33 bits per heavy atom. The highest BCUT2D eigenvalue weighted by molar-refractivity contribution is 6.05. The van der Waals surface area contributed by atoms with Gasteiger partial charge in [0.05, 0.1) is 17.3 Å². The second kappa shape index (κ2) is 8.28. The Morgan fingerprint density at radius 1 is 1.19 bits per heavy atom. The summed E-state index contributed by atoms with van der Waals surface area (Å²) in [5.74, 6) is -1.19. The van der Waals surface area contributed by atoms with Crippen LogP contribution in [-0.4, -0.2) is 28.6 Å². The van der Waals surface area contributed by atoms with Crippen molar-refractivity contribution < 1.29 is 19.1 Å². The molecule has 1 aromatic carbocycles. The second-order valence-corrected chi connectivity index (χ2v) is 6.19. The molecule has 0 spiro atoms. The minimum absolute atomic E-state index is 0.129. The molecule has 0 bridgehead atoms. The molecule has 6 nitrogen and oxygen atoms in total. The van der Waals surface area contributed by atoms with Crippen molar-refractivity contribution in [3.63, 3.8) is 0 Å². The summed E-state index contributed by atoms with van der Waals surface area (Å²) in [4.78, 5) is 39.1. The number of esters is 1. The monoisotopic (exact) mass is 364 g/mol. The van der Waals surface area contributed by atoms with Gasteiger partial charge in [-0.3, -0.25) is 9.59 Å². The number of nitrogens with one attached hydrogen (secondary N) is 1. The lowest BCUT2D eigenvalue weighted by molar-refractivity contribution is -0.140. The lowest BCUT2D eigenvalue weighted by Gasteiger charge is -2.10. The standard InChI is InChI=1S/C21H20N2O4/c1-12-19(14(3)24)13(2)23-20(12)21(26)15(4)27-18(25)10-9-16-5-7-17(11-22)8-6-16/h5-10,15,23H,1-4H3/b10-9+/t15-/m0/s1. The van der Waals surface area contributed by atoms with Gasteiger partial charge in [-0.25, -0.2) is 4.79 Å². The van der Waals surface area contributed by atoms with Crippen molar-refractivity contribution in [1.29, 1.82) is 5.26 Å². The van der Waals surface area contributed by atoms with Crippen LogP contribution in [0, 0.1) is 25.2 Å². The van der Waals surface area contributed by atoms with E-state index >= 15 is 0 Å². The lowest BCUT2D eigenvalue weighted by atomic mass is 10.0. The summed E-state index contributed by atoms with van der Waals surface area (Å²) in [6, 6.07) is 8.69. The highest BCUT2D eigenvalue weighted by Crippen LogP contribution is 2.20. The Bertz CT molecular complexity index is 959. The molecule has 0 radical (unpaired) electrons. The molecular formula is C21H20N2O4. The molecular weight excluding hydrogens is 344 g/mol. The maximum absolute atomic E-state index is 12.6. The number of aromatic amines is 1. The number of aryl methyl sites for hydroxylation is 1. The first-order valence-corrected chi connectivity index (χ1v) is 8.37. The summed E-state index contributed by atoms with van der Waals surface area (Å²) in [5, 5.41) is 8.76. The number of carbonyl (C=O) groups is 3. The Hall–Kier alpha value is -3.46. The van der Waals surface area contributed by atoms with Crippen molar-refractivity contribution in [2.75, 3.05) is 0 Å². The fourth-order valence-corrected chi connectivity index (χ4v) is 2.83. The second-order valence-electron chi connectivity index (χ2n) is 6.19. The van der Waals surface area contributed by atoms with Crippen LogP contribution in [0.4, 0.5) is 0 Å². The minimum atomic E-state index is -1.00. The molecule has 1 heterocycles. The zero-order valence-electron chi connectivity index (χ0n) is 15.6. The summed E-state index contributed by atoms with van der Waals surface area (Å²) in [6.07, 6.45) is 1.76. The zero-order valence-corrected chi connectivity index (χ0v) is 15.6. The molecule has 138 valence electrons. The fraction of sp³-hybridized carbons (Fsp3) is 0.238. The Morgan fingerprint density at radius 2 is 1.81 bits per heavy atom. The molecule has 0 fully saturated rings. The van der Waals surface area contributed by atoms with Gasteiger partial charge in [-0.1, -0.05) is 12.1 Å². The van der Waals surface area contributed by atoms with E-state index < -0.39 is 17.9 Å². The topological polar surface area (TPSA) is 100 Å². The van der Waals surface area contributed by atoms with Gasteiger partial charge in [0.25, 0.3) is 0 Å². The average molecular weight is 364 g/mol. The van der Waals surface area contributed by atoms with Gasteiger partial charge >= 0.3 is 5.97 Å². The largest absolute Gasteiger partial charge is 0.451 e. The van der Waals surface area contributed by atoms with Crippen molar-refractivity contribution in [3.05, 3.63) is 64.0 Å². The van der Waals surface area contributed by atoms with Gasteiger partial charge in [0.15, 0.2) is 11.9 Å². The number of H-pyrrole nitrogens is 1. The van der Waals surface area contributed by atoms with E-state index in [1.54, 1.807) is 44.2 Å². The molecule has 0 aliphatic carbocycles. The quantitative estimate of drug-likeness (QED) is 0.480. The normalized spacial score (nSPS) is 11.8. The molecule has 0 saturated heterocycles. The van der Waals surface area contributed by atoms with E-state index in [1.165, 1.54) is 19.9 Å². The van der Waals surface area contributed by atoms with Crippen molar-refractivity contribution in [2.45, 2.75) is 33.8 Å². The van der Waals surface area contributed by atoms with Crippen LogP contribution >= 0.6 is 0 Å². The molecule has 1 aromatic heterocycles. The van der Waals surface area contributed by atoms with Crippen LogP contribution in [0.5, 0.6) is 0 Å². The minimum Gasteiger partial charge on any atom is -0.451 e. The van der Waals surface area contributed by atoms with Crippen molar-refractivity contribution in [1.82, 2.24) is 4.98 Å². The molecule has 0 amide bonds. The Kier molecular flexibility index (Phi) is 6.09. The number of rotatable bonds is 6. The van der Waals surface area contributed by atoms with Gasteiger partial charge in [-0.2, -0.15) is 5.26 Å². The molecule has 2 rings (SSSR count). The summed E-state index contributed by atoms with van der Waals surface area (Å²) < 4.78 is 5.17. The van der Waals surface area contributed by atoms with Gasteiger partial charge in [-0.05, 0) is 57.0 Å². The van der Waals surface area contributed by atoms with Gasteiger partial charge in [0, 0.05) is 17.3 Å². The third-order valence-corrected chi connectivity index (χ3v) is 4.15. The van der Waals surface area contributed by atoms with E-state index in [4.69, 9.17) is 10.00 Å². The first-order valence-electron chi connectivity index (χ1n) is 8.37. The van der Waals surface area contributed by atoms with Crippen LogP contribution in [0.1, 0.15) is 57.1 Å². The van der Waals surface area contributed by atoms with Crippen LogP contribution in [0.25, 0.3) is 6.08 Å². The molecule has 1 N–H and O–H groups in total. The molecule has 1 atom stereocenters. The summed E-state index contributed by atoms with van der Waals surface area (Å²) >= 11 is 0. The Balaban J connectivity index is 2.06. The summed E-state index contributed by atoms with van der Waals surface area (Å²) in [5.41, 5.74) is 3.18. The van der Waals surface area contributed by atoms with Gasteiger partial charge in [0.2, 0.25) is 5.78 Å².